The first-order chi connectivity index (χ1) is 13.0. The summed E-state index contributed by atoms with van der Waals surface area (Å²) in [7, 11) is 0. The first-order valence-electron chi connectivity index (χ1n) is 9.11. The number of hydrogen-bond donors (Lipinski definition) is 3. The number of nitrogens with zero attached hydrogens (tertiary/aromatic N) is 1. The predicted octanol–water partition coefficient (Wildman–Crippen LogP) is 3.65. The maximum absolute atomic E-state index is 12.8. The molecule has 0 unspecified atom stereocenters. The molecule has 1 heterocycles. The Labute approximate surface area is 158 Å². The van der Waals surface area contributed by atoms with Crippen molar-refractivity contribution in [1.29, 1.82) is 0 Å². The molecule has 6 heteroatoms. The molecule has 0 bridgehead atoms. The Morgan fingerprint density at radius 3 is 2.48 bits per heavy atom. The fraction of sp³-hybridized carbons (Fsp3) is 0.286. The highest BCUT2D eigenvalue weighted by atomic mass is 16.2. The van der Waals surface area contributed by atoms with Crippen LogP contribution in [0.4, 0.5) is 5.95 Å². The summed E-state index contributed by atoms with van der Waals surface area (Å²) >= 11 is 0. The highest BCUT2D eigenvalue weighted by molar-refractivity contribution is 6.01. The molecule has 3 N–H and O–H groups in total. The van der Waals surface area contributed by atoms with Crippen molar-refractivity contribution >= 4 is 28.8 Å². The van der Waals surface area contributed by atoms with E-state index >= 15 is 0 Å². The highest BCUT2D eigenvalue weighted by Crippen LogP contribution is 2.16. The molecule has 2 atom stereocenters. The first-order valence-corrected chi connectivity index (χ1v) is 9.11. The number of aromatic amines is 1. The van der Waals surface area contributed by atoms with Crippen LogP contribution in [0, 0.1) is 12.8 Å². The smallest absolute Gasteiger partial charge is 0.251 e. The van der Waals surface area contributed by atoms with Gasteiger partial charge in [0, 0.05) is 5.56 Å². The standard InChI is InChI=1S/C21H24N4O2/c1-4-14(3)18(24-19(26)15-11-9-13(2)10-12-15)20(27)25-21-22-16-7-5-6-8-17(16)23-21/h5-12,14,18H,4H2,1-3H3,(H,24,26)(H2,22,23,25,27)/t14-,18+/m0/s1. The second-order valence-electron chi connectivity index (χ2n) is 6.79. The van der Waals surface area contributed by atoms with Gasteiger partial charge >= 0.3 is 0 Å². The van der Waals surface area contributed by atoms with E-state index in [9.17, 15) is 9.59 Å². The molecule has 2 aromatic carbocycles. The largest absolute Gasteiger partial charge is 0.340 e. The number of aryl methyl sites for hydroxylation is 1. The van der Waals surface area contributed by atoms with Gasteiger partial charge in [-0.25, -0.2) is 4.98 Å². The number of imidazole rings is 1. The number of fused-ring (bicyclic) bond motifs is 1. The number of H-pyrrole nitrogens is 1. The van der Waals surface area contributed by atoms with Gasteiger partial charge in [0.2, 0.25) is 11.9 Å². The van der Waals surface area contributed by atoms with E-state index in [0.717, 1.165) is 23.0 Å². The summed E-state index contributed by atoms with van der Waals surface area (Å²) < 4.78 is 0. The molecular weight excluding hydrogens is 340 g/mol. The summed E-state index contributed by atoms with van der Waals surface area (Å²) in [6.45, 7) is 5.90. The lowest BCUT2D eigenvalue weighted by Gasteiger charge is -2.23. The maximum Gasteiger partial charge on any atom is 0.251 e. The van der Waals surface area contributed by atoms with Gasteiger partial charge in [0.25, 0.3) is 5.91 Å². The van der Waals surface area contributed by atoms with Gasteiger partial charge < -0.3 is 10.3 Å². The third-order valence-electron chi connectivity index (χ3n) is 4.73. The van der Waals surface area contributed by atoms with Crippen LogP contribution in [0.1, 0.15) is 36.2 Å². The van der Waals surface area contributed by atoms with Crippen molar-refractivity contribution in [2.45, 2.75) is 33.2 Å². The van der Waals surface area contributed by atoms with Crippen molar-refractivity contribution in [3.8, 4) is 0 Å². The van der Waals surface area contributed by atoms with E-state index in [1.807, 2.05) is 57.2 Å². The molecule has 0 saturated carbocycles. The van der Waals surface area contributed by atoms with E-state index < -0.39 is 6.04 Å². The molecule has 6 nitrogen and oxygen atoms in total. The maximum atomic E-state index is 12.8. The van der Waals surface area contributed by atoms with Crippen molar-refractivity contribution in [2.24, 2.45) is 5.92 Å². The Balaban J connectivity index is 1.75. The molecule has 0 spiro atoms. The second kappa shape index (κ2) is 8.03. The van der Waals surface area contributed by atoms with E-state index in [1.165, 1.54) is 0 Å². The minimum Gasteiger partial charge on any atom is -0.340 e. The Hall–Kier alpha value is -3.15. The lowest BCUT2D eigenvalue weighted by Crippen LogP contribution is -2.47. The molecule has 140 valence electrons. The molecule has 3 aromatic rings. The number of para-hydroxylation sites is 2. The van der Waals surface area contributed by atoms with Gasteiger partial charge in [0.15, 0.2) is 0 Å². The highest BCUT2D eigenvalue weighted by Gasteiger charge is 2.27. The van der Waals surface area contributed by atoms with Gasteiger partial charge in [-0.15, -0.1) is 0 Å². The van der Waals surface area contributed by atoms with Crippen molar-refractivity contribution in [1.82, 2.24) is 15.3 Å². The Morgan fingerprint density at radius 2 is 1.81 bits per heavy atom. The minimum atomic E-state index is -0.656. The summed E-state index contributed by atoms with van der Waals surface area (Å²) in [5.41, 5.74) is 3.23. The Kier molecular flexibility index (Phi) is 5.54. The summed E-state index contributed by atoms with van der Waals surface area (Å²) in [6.07, 6.45) is 0.756. The fourth-order valence-electron chi connectivity index (χ4n) is 2.84. The van der Waals surface area contributed by atoms with Crippen LogP contribution in [0.15, 0.2) is 48.5 Å². The van der Waals surface area contributed by atoms with Crippen molar-refractivity contribution in [3.05, 3.63) is 59.7 Å². The quantitative estimate of drug-likeness (QED) is 0.624. The molecule has 27 heavy (non-hydrogen) atoms. The normalized spacial score (nSPS) is 13.1. The molecule has 3 rings (SSSR count). The molecule has 0 fully saturated rings. The zero-order valence-electron chi connectivity index (χ0n) is 15.7. The van der Waals surface area contributed by atoms with Gasteiger partial charge in [0.1, 0.15) is 6.04 Å². The number of amides is 2. The van der Waals surface area contributed by atoms with Crippen LogP contribution in [-0.2, 0) is 4.79 Å². The predicted molar refractivity (Wildman–Crippen MR) is 107 cm³/mol. The van der Waals surface area contributed by atoms with Gasteiger partial charge in [0.05, 0.1) is 11.0 Å². The number of benzene rings is 2. The summed E-state index contributed by atoms with van der Waals surface area (Å²) in [6, 6.07) is 14.2. The minimum absolute atomic E-state index is 0.0243. The van der Waals surface area contributed by atoms with E-state index in [4.69, 9.17) is 0 Å². The average Bonchev–Trinajstić information content (AvgIpc) is 3.07. The van der Waals surface area contributed by atoms with Crippen LogP contribution in [-0.4, -0.2) is 27.8 Å². The van der Waals surface area contributed by atoms with Crippen LogP contribution in [0.5, 0.6) is 0 Å². The SMILES string of the molecule is CC[C@H](C)[C@@H](NC(=O)c1ccc(C)cc1)C(=O)Nc1nc2ccccc2[nH]1. The van der Waals surface area contributed by atoms with Gasteiger partial charge in [-0.3, -0.25) is 14.9 Å². The van der Waals surface area contributed by atoms with Crippen molar-refractivity contribution in [3.63, 3.8) is 0 Å². The van der Waals surface area contributed by atoms with Crippen LogP contribution in [0.25, 0.3) is 11.0 Å². The van der Waals surface area contributed by atoms with E-state index in [1.54, 1.807) is 12.1 Å². The number of nitrogens with one attached hydrogen (secondary N) is 3. The Bertz CT molecular complexity index is 913. The first kappa shape index (κ1) is 18.6. The number of hydrogen-bond acceptors (Lipinski definition) is 3. The molecule has 0 aliphatic rings. The number of aromatic nitrogens is 2. The van der Waals surface area contributed by atoms with Crippen LogP contribution in [0.3, 0.4) is 0 Å². The number of carbonyl (C=O) groups excluding carboxylic acids is 2. The number of rotatable bonds is 6. The van der Waals surface area contributed by atoms with E-state index in [0.29, 0.717) is 11.5 Å². The summed E-state index contributed by atoms with van der Waals surface area (Å²) in [5, 5.41) is 5.66. The average molecular weight is 364 g/mol. The third-order valence-corrected chi connectivity index (χ3v) is 4.73. The zero-order valence-corrected chi connectivity index (χ0v) is 15.7. The topological polar surface area (TPSA) is 86.9 Å². The summed E-state index contributed by atoms with van der Waals surface area (Å²) in [5.74, 6) is -0.202. The summed E-state index contributed by atoms with van der Waals surface area (Å²) in [4.78, 5) is 32.8. The van der Waals surface area contributed by atoms with Crippen molar-refractivity contribution in [2.75, 3.05) is 5.32 Å². The van der Waals surface area contributed by atoms with Gasteiger partial charge in [-0.05, 0) is 37.1 Å². The molecule has 0 aliphatic carbocycles. The zero-order chi connectivity index (χ0) is 19.4. The third kappa shape index (κ3) is 4.34. The molecule has 0 radical (unpaired) electrons. The molecule has 1 aromatic heterocycles. The second-order valence-corrected chi connectivity index (χ2v) is 6.79. The van der Waals surface area contributed by atoms with Crippen LogP contribution >= 0.6 is 0 Å². The Morgan fingerprint density at radius 1 is 1.11 bits per heavy atom. The van der Waals surface area contributed by atoms with Crippen LogP contribution < -0.4 is 10.6 Å². The van der Waals surface area contributed by atoms with E-state index in [2.05, 4.69) is 20.6 Å². The van der Waals surface area contributed by atoms with Gasteiger partial charge in [-0.1, -0.05) is 50.1 Å². The van der Waals surface area contributed by atoms with E-state index in [-0.39, 0.29) is 17.7 Å². The van der Waals surface area contributed by atoms with Gasteiger partial charge in [-0.2, -0.15) is 0 Å². The van der Waals surface area contributed by atoms with Crippen molar-refractivity contribution < 1.29 is 9.59 Å². The van der Waals surface area contributed by atoms with Crippen LogP contribution in [0.2, 0.25) is 0 Å². The number of carbonyl (C=O) groups is 2. The molecule has 2 amide bonds. The fourth-order valence-corrected chi connectivity index (χ4v) is 2.84. The monoisotopic (exact) mass is 364 g/mol. The molecule has 0 saturated heterocycles. The molecular formula is C21H24N4O2. The molecule has 0 aliphatic heterocycles. The number of anilines is 1. The lowest BCUT2D eigenvalue weighted by molar-refractivity contribution is -0.119. The lowest BCUT2D eigenvalue weighted by atomic mass is 9.98.